The zero-order chi connectivity index (χ0) is 20.5. The van der Waals surface area contributed by atoms with E-state index in [-0.39, 0.29) is 23.2 Å². The molecule has 8 heteroatoms. The number of benzene rings is 2. The van der Waals surface area contributed by atoms with Crippen molar-refractivity contribution in [3.05, 3.63) is 82.5 Å². The number of esters is 1. The maximum Gasteiger partial charge on any atom is 0.337 e. The largest absolute Gasteiger partial charge is 0.465 e. The number of nitrogens with two attached hydrogens (primary N) is 1. The van der Waals surface area contributed by atoms with Crippen LogP contribution in [0.2, 0.25) is 0 Å². The first kappa shape index (κ1) is 18.3. The number of aromatic amines is 1. The van der Waals surface area contributed by atoms with Crippen molar-refractivity contribution in [3.8, 4) is 23.2 Å². The molecule has 0 saturated heterocycles. The lowest BCUT2D eigenvalue weighted by Crippen LogP contribution is -2.21. The highest BCUT2D eigenvalue weighted by Crippen LogP contribution is 2.45. The van der Waals surface area contributed by atoms with Crippen molar-refractivity contribution in [2.75, 3.05) is 7.11 Å². The van der Waals surface area contributed by atoms with Crippen molar-refractivity contribution in [1.82, 2.24) is 10.2 Å². The first-order chi connectivity index (χ1) is 14.0. The van der Waals surface area contributed by atoms with Crippen LogP contribution in [0.15, 0.2) is 60.0 Å². The Bertz CT molecular complexity index is 1160. The van der Waals surface area contributed by atoms with E-state index in [0.717, 1.165) is 0 Å². The monoisotopic (exact) mass is 390 g/mol. The minimum absolute atomic E-state index is 0.0424. The van der Waals surface area contributed by atoms with Crippen LogP contribution in [0.5, 0.6) is 5.88 Å². The van der Waals surface area contributed by atoms with Gasteiger partial charge in [0.25, 0.3) is 0 Å². The highest BCUT2D eigenvalue weighted by atomic mass is 19.1. The van der Waals surface area contributed by atoms with E-state index in [9.17, 15) is 14.4 Å². The molecule has 1 aliphatic rings. The lowest BCUT2D eigenvalue weighted by Gasteiger charge is -2.24. The van der Waals surface area contributed by atoms with E-state index in [0.29, 0.717) is 27.9 Å². The molecule has 7 nitrogen and oxygen atoms in total. The molecule has 4 rings (SSSR count). The molecule has 0 saturated carbocycles. The number of H-pyrrole nitrogens is 1. The summed E-state index contributed by atoms with van der Waals surface area (Å²) in [5, 5.41) is 16.8. The van der Waals surface area contributed by atoms with Crippen LogP contribution in [-0.4, -0.2) is 23.3 Å². The van der Waals surface area contributed by atoms with Crippen LogP contribution < -0.4 is 10.5 Å². The van der Waals surface area contributed by atoms with Crippen LogP contribution in [0.4, 0.5) is 4.39 Å². The van der Waals surface area contributed by atoms with E-state index < -0.39 is 11.9 Å². The Hall–Kier alpha value is -4.12. The molecule has 3 N–H and O–H groups in total. The molecule has 29 heavy (non-hydrogen) atoms. The van der Waals surface area contributed by atoms with Gasteiger partial charge in [0.05, 0.1) is 29.8 Å². The molecule has 0 fully saturated rings. The van der Waals surface area contributed by atoms with Crippen LogP contribution >= 0.6 is 0 Å². The lowest BCUT2D eigenvalue weighted by molar-refractivity contribution is 0.0600. The first-order valence-electron chi connectivity index (χ1n) is 8.63. The van der Waals surface area contributed by atoms with Crippen LogP contribution in [-0.2, 0) is 4.74 Å². The third-order valence-corrected chi connectivity index (χ3v) is 4.74. The number of halogens is 1. The molecule has 2 heterocycles. The molecule has 1 aliphatic heterocycles. The maximum absolute atomic E-state index is 13.4. The molecule has 0 unspecified atom stereocenters. The highest BCUT2D eigenvalue weighted by molar-refractivity contribution is 5.89. The van der Waals surface area contributed by atoms with Gasteiger partial charge < -0.3 is 15.2 Å². The Labute approximate surface area is 165 Å². The summed E-state index contributed by atoms with van der Waals surface area (Å²) in [5.41, 5.74) is 9.14. The first-order valence-corrected chi connectivity index (χ1v) is 8.63. The second-order valence-corrected chi connectivity index (χ2v) is 6.36. The van der Waals surface area contributed by atoms with E-state index in [1.165, 1.54) is 19.2 Å². The van der Waals surface area contributed by atoms with Crippen LogP contribution in [0.1, 0.15) is 27.4 Å². The summed E-state index contributed by atoms with van der Waals surface area (Å²) >= 11 is 0. The molecule has 2 aromatic carbocycles. The number of nitrogens with one attached hydrogen (secondary N) is 1. The summed E-state index contributed by atoms with van der Waals surface area (Å²) in [6, 6.07) is 14.6. The standard InChI is InChI=1S/C21H15FN4O3/c1-28-21(27)13-4-2-11(3-5-13)16-15(10-23)19(24)29-20-17(16)18(25-26-20)12-6-8-14(22)9-7-12/h2-9,16H,24H2,1H3,(H,25,26)/t16-/m1/s1. The average molecular weight is 390 g/mol. The SMILES string of the molecule is COC(=O)c1ccc([C@@H]2C(C#N)=C(N)Oc3n[nH]c(-c4ccc(F)cc4)c32)cc1. The fourth-order valence-electron chi connectivity index (χ4n) is 3.34. The van der Waals surface area contributed by atoms with Crippen molar-refractivity contribution in [1.29, 1.82) is 5.26 Å². The van der Waals surface area contributed by atoms with Gasteiger partial charge in [-0.2, -0.15) is 5.26 Å². The highest BCUT2D eigenvalue weighted by Gasteiger charge is 2.35. The number of ether oxygens (including phenoxy) is 2. The van der Waals surface area contributed by atoms with Gasteiger partial charge in [-0.15, -0.1) is 5.10 Å². The summed E-state index contributed by atoms with van der Waals surface area (Å²) in [4.78, 5) is 11.7. The number of allylic oxidation sites excluding steroid dienone is 1. The third kappa shape index (κ3) is 3.08. The number of carbonyl (C=O) groups is 1. The van der Waals surface area contributed by atoms with Gasteiger partial charge in [0.2, 0.25) is 11.8 Å². The topological polar surface area (TPSA) is 114 Å². The Morgan fingerprint density at radius 2 is 1.93 bits per heavy atom. The Morgan fingerprint density at radius 1 is 1.24 bits per heavy atom. The third-order valence-electron chi connectivity index (χ3n) is 4.74. The Balaban J connectivity index is 1.87. The minimum Gasteiger partial charge on any atom is -0.465 e. The Morgan fingerprint density at radius 3 is 2.55 bits per heavy atom. The molecular weight excluding hydrogens is 375 g/mol. The van der Waals surface area contributed by atoms with E-state index in [1.807, 2.05) is 0 Å². The molecule has 0 radical (unpaired) electrons. The smallest absolute Gasteiger partial charge is 0.337 e. The summed E-state index contributed by atoms with van der Waals surface area (Å²) in [5.74, 6) is -1.21. The van der Waals surface area contributed by atoms with E-state index in [2.05, 4.69) is 16.3 Å². The molecule has 0 amide bonds. The van der Waals surface area contributed by atoms with E-state index in [1.54, 1.807) is 36.4 Å². The number of aromatic nitrogens is 2. The number of methoxy groups -OCH3 is 1. The van der Waals surface area contributed by atoms with E-state index >= 15 is 0 Å². The van der Waals surface area contributed by atoms with Gasteiger partial charge in [-0.05, 0) is 42.0 Å². The minimum atomic E-state index is -0.575. The van der Waals surface area contributed by atoms with Crippen molar-refractivity contribution in [3.63, 3.8) is 0 Å². The predicted octanol–water partition coefficient (Wildman–Crippen LogP) is 3.22. The number of carbonyl (C=O) groups excluding carboxylic acids is 1. The molecular formula is C21H15FN4O3. The quantitative estimate of drug-likeness (QED) is 0.664. The summed E-state index contributed by atoms with van der Waals surface area (Å²) < 4.78 is 23.6. The molecule has 1 atom stereocenters. The summed E-state index contributed by atoms with van der Waals surface area (Å²) in [7, 11) is 1.30. The number of nitriles is 1. The van der Waals surface area contributed by atoms with Gasteiger partial charge in [0, 0.05) is 5.56 Å². The van der Waals surface area contributed by atoms with Crippen LogP contribution in [0.25, 0.3) is 11.3 Å². The fraction of sp³-hybridized carbons (Fsp3) is 0.0952. The van der Waals surface area contributed by atoms with Crippen LogP contribution in [0, 0.1) is 17.1 Å². The predicted molar refractivity (Wildman–Crippen MR) is 101 cm³/mol. The van der Waals surface area contributed by atoms with Crippen LogP contribution in [0.3, 0.4) is 0 Å². The van der Waals surface area contributed by atoms with Gasteiger partial charge in [-0.1, -0.05) is 12.1 Å². The number of hydrogen-bond acceptors (Lipinski definition) is 6. The number of fused-ring (bicyclic) bond motifs is 1. The van der Waals surface area contributed by atoms with Crippen molar-refractivity contribution in [2.45, 2.75) is 5.92 Å². The van der Waals surface area contributed by atoms with Crippen molar-refractivity contribution >= 4 is 5.97 Å². The normalized spacial score (nSPS) is 15.3. The number of hydrogen-bond donors (Lipinski definition) is 2. The maximum atomic E-state index is 13.4. The van der Waals surface area contributed by atoms with Crippen molar-refractivity contribution in [2.24, 2.45) is 5.73 Å². The zero-order valence-electron chi connectivity index (χ0n) is 15.3. The summed E-state index contributed by atoms with van der Waals surface area (Å²) in [6.45, 7) is 0. The molecule has 1 aromatic heterocycles. The lowest BCUT2D eigenvalue weighted by atomic mass is 9.83. The molecule has 0 aliphatic carbocycles. The summed E-state index contributed by atoms with van der Waals surface area (Å²) in [6.07, 6.45) is 0. The van der Waals surface area contributed by atoms with Gasteiger partial charge in [-0.25, -0.2) is 9.18 Å². The molecule has 0 bridgehead atoms. The fourth-order valence-corrected chi connectivity index (χ4v) is 3.34. The number of rotatable bonds is 3. The van der Waals surface area contributed by atoms with Gasteiger partial charge in [0.1, 0.15) is 17.5 Å². The molecule has 144 valence electrons. The second-order valence-electron chi connectivity index (χ2n) is 6.36. The van der Waals surface area contributed by atoms with Gasteiger partial charge in [-0.3, -0.25) is 5.10 Å². The molecule has 3 aromatic rings. The Kier molecular flexibility index (Phi) is 4.49. The second kappa shape index (κ2) is 7.13. The van der Waals surface area contributed by atoms with Gasteiger partial charge in [0.15, 0.2) is 0 Å². The van der Waals surface area contributed by atoms with E-state index in [4.69, 9.17) is 15.2 Å². The zero-order valence-corrected chi connectivity index (χ0v) is 15.3. The van der Waals surface area contributed by atoms with Gasteiger partial charge >= 0.3 is 5.97 Å². The van der Waals surface area contributed by atoms with Crippen molar-refractivity contribution < 1.29 is 18.7 Å². The molecule has 0 spiro atoms. The average Bonchev–Trinajstić information content (AvgIpc) is 3.16. The number of nitrogens with zero attached hydrogens (tertiary/aromatic N) is 2.